The van der Waals surface area contributed by atoms with Crippen LogP contribution in [0.4, 0.5) is 5.82 Å². The fourth-order valence-corrected chi connectivity index (χ4v) is 4.60. The van der Waals surface area contributed by atoms with E-state index in [-0.39, 0.29) is 17.7 Å². The first-order chi connectivity index (χ1) is 16.4. The van der Waals surface area contributed by atoms with Crippen LogP contribution in [-0.2, 0) is 16.1 Å². The summed E-state index contributed by atoms with van der Waals surface area (Å²) in [5, 5.41) is 10.1. The van der Waals surface area contributed by atoms with E-state index in [1.165, 1.54) is 5.56 Å². The summed E-state index contributed by atoms with van der Waals surface area (Å²) < 4.78 is 1.85. The van der Waals surface area contributed by atoms with Gasteiger partial charge in [0, 0.05) is 30.6 Å². The van der Waals surface area contributed by atoms with Gasteiger partial charge in [0.15, 0.2) is 0 Å². The van der Waals surface area contributed by atoms with Crippen LogP contribution in [0.25, 0.3) is 5.69 Å². The predicted octanol–water partition coefficient (Wildman–Crippen LogP) is 3.25. The van der Waals surface area contributed by atoms with Crippen molar-refractivity contribution in [3.05, 3.63) is 71.7 Å². The molecule has 1 aliphatic rings. The number of nitrogen functional groups attached to an aromatic ring is 1. The molecule has 4 N–H and O–H groups in total. The number of carbonyl (C=O) groups is 2. The second-order valence-corrected chi connectivity index (χ2v) is 9.03. The molecule has 178 valence electrons. The summed E-state index contributed by atoms with van der Waals surface area (Å²) in [6.45, 7) is 3.92. The molecule has 0 unspecified atom stereocenters. The maximum Gasteiger partial charge on any atom is 0.242 e. The molecule has 8 heteroatoms. The number of pyridine rings is 1. The van der Waals surface area contributed by atoms with E-state index in [0.717, 1.165) is 42.6 Å². The van der Waals surface area contributed by atoms with E-state index in [4.69, 9.17) is 5.73 Å². The molecule has 2 amide bonds. The third-order valence-corrected chi connectivity index (χ3v) is 6.58. The van der Waals surface area contributed by atoms with Crippen molar-refractivity contribution in [3.8, 4) is 5.69 Å². The molecule has 1 aromatic carbocycles. The van der Waals surface area contributed by atoms with Gasteiger partial charge in [0.1, 0.15) is 11.9 Å². The highest BCUT2D eigenvalue weighted by molar-refractivity contribution is 5.88. The molecule has 3 atom stereocenters. The standard InChI is InChI=1S/C26H32N6O2/c1-17-22(10-11-24(27)30-17)16-28-25(33)18(2)31-26(34)21-8-3-6-19(14-21)20-7-4-9-23(15-20)32-13-5-12-29-32/h4-5,7,9-13,15,18-19,21H,3,6,8,14,16H2,1-2H3,(H2,27,30)(H,28,33)(H,31,34)/t18-,19-,21+/m0/s1. The van der Waals surface area contributed by atoms with Crippen molar-refractivity contribution in [3.63, 3.8) is 0 Å². The quantitative estimate of drug-likeness (QED) is 0.501. The molecule has 0 bridgehead atoms. The van der Waals surface area contributed by atoms with Gasteiger partial charge in [-0.2, -0.15) is 5.10 Å². The number of carbonyl (C=O) groups excluding carboxylic acids is 2. The lowest BCUT2D eigenvalue weighted by Gasteiger charge is -2.29. The number of anilines is 1. The number of hydrogen-bond donors (Lipinski definition) is 3. The first-order valence-electron chi connectivity index (χ1n) is 11.8. The first kappa shape index (κ1) is 23.5. The van der Waals surface area contributed by atoms with E-state index in [9.17, 15) is 9.59 Å². The Balaban J connectivity index is 1.32. The minimum absolute atomic E-state index is 0.0547. The SMILES string of the molecule is Cc1nc(N)ccc1CNC(=O)[C@H](C)NC(=O)[C@@H]1CCC[C@H](c2cccc(-n3cccn3)c2)C1. The Kier molecular flexibility index (Phi) is 7.25. The lowest BCUT2D eigenvalue weighted by atomic mass is 9.77. The van der Waals surface area contributed by atoms with Gasteiger partial charge < -0.3 is 16.4 Å². The Morgan fingerprint density at radius 1 is 1.21 bits per heavy atom. The summed E-state index contributed by atoms with van der Waals surface area (Å²) in [6, 6.07) is 13.2. The zero-order chi connectivity index (χ0) is 24.1. The zero-order valence-electron chi connectivity index (χ0n) is 19.7. The highest BCUT2D eigenvalue weighted by Crippen LogP contribution is 2.36. The van der Waals surface area contributed by atoms with Crippen LogP contribution in [0.15, 0.2) is 54.9 Å². The van der Waals surface area contributed by atoms with Gasteiger partial charge in [0.25, 0.3) is 0 Å². The van der Waals surface area contributed by atoms with Crippen molar-refractivity contribution in [2.45, 2.75) is 58.0 Å². The zero-order valence-corrected chi connectivity index (χ0v) is 19.7. The third-order valence-electron chi connectivity index (χ3n) is 6.58. The number of aromatic nitrogens is 3. The van der Waals surface area contributed by atoms with Crippen molar-refractivity contribution in [1.29, 1.82) is 0 Å². The monoisotopic (exact) mass is 460 g/mol. The summed E-state index contributed by atoms with van der Waals surface area (Å²) >= 11 is 0. The average Bonchev–Trinajstić information content (AvgIpc) is 3.38. The molecule has 4 rings (SSSR count). The molecule has 1 saturated carbocycles. The van der Waals surface area contributed by atoms with Gasteiger partial charge in [-0.3, -0.25) is 9.59 Å². The topological polar surface area (TPSA) is 115 Å². The molecule has 2 aromatic heterocycles. The number of nitrogens with zero attached hydrogens (tertiary/aromatic N) is 3. The lowest BCUT2D eigenvalue weighted by Crippen LogP contribution is -2.47. The van der Waals surface area contributed by atoms with Crippen LogP contribution < -0.4 is 16.4 Å². The molecule has 1 fully saturated rings. The van der Waals surface area contributed by atoms with Crippen molar-refractivity contribution < 1.29 is 9.59 Å². The van der Waals surface area contributed by atoms with Gasteiger partial charge in [-0.1, -0.05) is 24.6 Å². The van der Waals surface area contributed by atoms with Gasteiger partial charge >= 0.3 is 0 Å². The second kappa shape index (κ2) is 10.5. The van der Waals surface area contributed by atoms with E-state index in [2.05, 4.69) is 32.8 Å². The van der Waals surface area contributed by atoms with Gasteiger partial charge in [0.05, 0.1) is 5.69 Å². The van der Waals surface area contributed by atoms with Crippen LogP contribution in [0.5, 0.6) is 0 Å². The van der Waals surface area contributed by atoms with Gasteiger partial charge in [-0.15, -0.1) is 0 Å². The number of aryl methyl sites for hydroxylation is 1. The van der Waals surface area contributed by atoms with Gasteiger partial charge in [-0.05, 0) is 74.4 Å². The molecular weight excluding hydrogens is 428 g/mol. The molecule has 0 radical (unpaired) electrons. The number of amides is 2. The number of rotatable bonds is 7. The summed E-state index contributed by atoms with van der Waals surface area (Å²) in [7, 11) is 0. The number of nitrogens with two attached hydrogens (primary N) is 1. The van der Waals surface area contributed by atoms with E-state index in [0.29, 0.717) is 18.3 Å². The number of benzene rings is 1. The molecule has 34 heavy (non-hydrogen) atoms. The Morgan fingerprint density at radius 3 is 2.82 bits per heavy atom. The highest BCUT2D eigenvalue weighted by atomic mass is 16.2. The van der Waals surface area contributed by atoms with Crippen molar-refractivity contribution >= 4 is 17.6 Å². The molecule has 0 spiro atoms. The summed E-state index contributed by atoms with van der Waals surface area (Å²) in [5.74, 6) is 0.382. The Bertz CT molecular complexity index is 1140. The van der Waals surface area contributed by atoms with Crippen LogP contribution in [0, 0.1) is 12.8 Å². The smallest absolute Gasteiger partial charge is 0.242 e. The van der Waals surface area contributed by atoms with Gasteiger partial charge in [0.2, 0.25) is 11.8 Å². The van der Waals surface area contributed by atoms with Crippen LogP contribution in [-0.4, -0.2) is 32.6 Å². The largest absolute Gasteiger partial charge is 0.384 e. The third kappa shape index (κ3) is 5.62. The first-order valence-corrected chi connectivity index (χ1v) is 11.8. The minimum Gasteiger partial charge on any atom is -0.384 e. The van der Waals surface area contributed by atoms with Crippen LogP contribution in [0.1, 0.15) is 55.3 Å². The van der Waals surface area contributed by atoms with Gasteiger partial charge in [-0.25, -0.2) is 9.67 Å². The minimum atomic E-state index is -0.613. The van der Waals surface area contributed by atoms with E-state index in [1.807, 2.05) is 42.1 Å². The fraction of sp³-hybridized carbons (Fsp3) is 0.385. The summed E-state index contributed by atoms with van der Waals surface area (Å²) in [5.41, 5.74) is 9.61. The molecule has 2 heterocycles. The van der Waals surface area contributed by atoms with Crippen molar-refractivity contribution in [2.24, 2.45) is 5.92 Å². The lowest BCUT2D eigenvalue weighted by molar-refractivity contribution is -0.131. The van der Waals surface area contributed by atoms with E-state index >= 15 is 0 Å². The van der Waals surface area contributed by atoms with E-state index < -0.39 is 6.04 Å². The van der Waals surface area contributed by atoms with Crippen molar-refractivity contribution in [1.82, 2.24) is 25.4 Å². The van der Waals surface area contributed by atoms with E-state index in [1.54, 1.807) is 19.2 Å². The van der Waals surface area contributed by atoms with Crippen LogP contribution in [0.3, 0.4) is 0 Å². The maximum atomic E-state index is 13.0. The Morgan fingerprint density at radius 2 is 2.06 bits per heavy atom. The second-order valence-electron chi connectivity index (χ2n) is 9.03. The Hall–Kier alpha value is -3.68. The molecule has 3 aromatic rings. The fourth-order valence-electron chi connectivity index (χ4n) is 4.60. The molecule has 1 aliphatic carbocycles. The Labute approximate surface area is 200 Å². The highest BCUT2D eigenvalue weighted by Gasteiger charge is 2.30. The summed E-state index contributed by atoms with van der Waals surface area (Å²) in [4.78, 5) is 29.8. The number of hydrogen-bond acceptors (Lipinski definition) is 5. The van der Waals surface area contributed by atoms with Crippen LogP contribution in [0.2, 0.25) is 0 Å². The number of nitrogens with one attached hydrogen (secondary N) is 2. The summed E-state index contributed by atoms with van der Waals surface area (Å²) in [6.07, 6.45) is 7.34. The average molecular weight is 461 g/mol. The van der Waals surface area contributed by atoms with Crippen LogP contribution >= 0.6 is 0 Å². The normalized spacial score (nSPS) is 18.8. The van der Waals surface area contributed by atoms with Crippen molar-refractivity contribution in [2.75, 3.05) is 5.73 Å². The maximum absolute atomic E-state index is 13.0. The molecule has 8 nitrogen and oxygen atoms in total. The predicted molar refractivity (Wildman–Crippen MR) is 131 cm³/mol. The molecule has 0 aliphatic heterocycles. The molecule has 0 saturated heterocycles. The molecular formula is C26H32N6O2.